The Bertz CT molecular complexity index is 840. The van der Waals surface area contributed by atoms with Crippen LogP contribution < -0.4 is 10.1 Å². The molecule has 6 nitrogen and oxygen atoms in total. The smallest absolute Gasteiger partial charge is 0.335 e. The molecule has 0 heterocycles. The van der Waals surface area contributed by atoms with Crippen LogP contribution in [0.3, 0.4) is 0 Å². The van der Waals surface area contributed by atoms with Gasteiger partial charge in [0.2, 0.25) is 5.91 Å². The molecule has 0 saturated heterocycles. The molecule has 6 heteroatoms. The highest BCUT2D eigenvalue weighted by Crippen LogP contribution is 2.27. The molecule has 1 amide bonds. The Morgan fingerprint density at radius 3 is 2.22 bits per heavy atom. The van der Waals surface area contributed by atoms with E-state index in [0.717, 1.165) is 5.56 Å². The molecular formula is C21H23NO5. The Morgan fingerprint density at radius 2 is 1.63 bits per heavy atom. The Hall–Kier alpha value is -3.15. The van der Waals surface area contributed by atoms with E-state index in [9.17, 15) is 14.4 Å². The van der Waals surface area contributed by atoms with Gasteiger partial charge in [-0.15, -0.1) is 0 Å². The number of carboxylic acids is 1. The minimum Gasteiger partial charge on any atom is -0.489 e. The summed E-state index contributed by atoms with van der Waals surface area (Å²) in [6.45, 7) is 5.59. The molecule has 0 atom stereocenters. The van der Waals surface area contributed by atoms with Crippen molar-refractivity contribution in [3.05, 3.63) is 59.2 Å². The lowest BCUT2D eigenvalue weighted by Gasteiger charge is -2.15. The third kappa shape index (κ3) is 5.95. The SMILES string of the molecule is Cc1ccc(C(=O)CCC(=O)Nc2cc(C(=O)O)ccc2OC(C)C)cc1. The van der Waals surface area contributed by atoms with Gasteiger partial charge < -0.3 is 15.2 Å². The van der Waals surface area contributed by atoms with Gasteiger partial charge in [-0.05, 0) is 39.0 Å². The number of hydrogen-bond acceptors (Lipinski definition) is 4. The van der Waals surface area contributed by atoms with E-state index >= 15 is 0 Å². The van der Waals surface area contributed by atoms with Crippen molar-refractivity contribution >= 4 is 23.3 Å². The van der Waals surface area contributed by atoms with Crippen LogP contribution in [0.25, 0.3) is 0 Å². The first-order valence-electron chi connectivity index (χ1n) is 8.70. The number of carbonyl (C=O) groups excluding carboxylic acids is 2. The molecule has 0 unspecified atom stereocenters. The average molecular weight is 369 g/mol. The maximum Gasteiger partial charge on any atom is 0.335 e. The third-order valence-corrected chi connectivity index (χ3v) is 3.82. The minimum absolute atomic E-state index is 0.00880. The maximum absolute atomic E-state index is 12.3. The summed E-state index contributed by atoms with van der Waals surface area (Å²) in [4.78, 5) is 35.6. The van der Waals surface area contributed by atoms with Gasteiger partial charge in [0, 0.05) is 18.4 Å². The molecule has 0 aliphatic heterocycles. The summed E-state index contributed by atoms with van der Waals surface area (Å²) in [5, 5.41) is 11.8. The van der Waals surface area contributed by atoms with Crippen molar-refractivity contribution in [2.45, 2.75) is 39.7 Å². The van der Waals surface area contributed by atoms with Crippen molar-refractivity contribution in [1.82, 2.24) is 0 Å². The van der Waals surface area contributed by atoms with Gasteiger partial charge >= 0.3 is 5.97 Å². The average Bonchev–Trinajstić information content (AvgIpc) is 2.61. The van der Waals surface area contributed by atoms with Gasteiger partial charge in [-0.3, -0.25) is 9.59 Å². The number of nitrogens with one attached hydrogen (secondary N) is 1. The normalized spacial score (nSPS) is 10.5. The first-order chi connectivity index (χ1) is 12.8. The Balaban J connectivity index is 2.05. The summed E-state index contributed by atoms with van der Waals surface area (Å²) in [5.41, 5.74) is 1.93. The summed E-state index contributed by atoms with van der Waals surface area (Å²) < 4.78 is 5.61. The first kappa shape index (κ1) is 20.2. The molecule has 0 aliphatic carbocycles. The molecular weight excluding hydrogens is 346 g/mol. The zero-order chi connectivity index (χ0) is 20.0. The quantitative estimate of drug-likeness (QED) is 0.684. The number of rotatable bonds is 8. The molecule has 142 valence electrons. The van der Waals surface area contributed by atoms with Crippen molar-refractivity contribution in [2.24, 2.45) is 0 Å². The van der Waals surface area contributed by atoms with E-state index in [1.54, 1.807) is 12.1 Å². The Kier molecular flexibility index (Phi) is 6.71. The molecule has 0 radical (unpaired) electrons. The summed E-state index contributed by atoms with van der Waals surface area (Å²) >= 11 is 0. The number of benzene rings is 2. The number of hydrogen-bond donors (Lipinski definition) is 2. The summed E-state index contributed by atoms with van der Waals surface area (Å²) in [6, 6.07) is 11.4. The van der Waals surface area contributed by atoms with E-state index < -0.39 is 5.97 Å². The van der Waals surface area contributed by atoms with Crippen molar-refractivity contribution in [3.8, 4) is 5.75 Å². The minimum atomic E-state index is -1.10. The lowest BCUT2D eigenvalue weighted by molar-refractivity contribution is -0.116. The van der Waals surface area contributed by atoms with Crippen molar-refractivity contribution < 1.29 is 24.2 Å². The number of Topliss-reactive ketones (excluding diaryl/α,β-unsaturated/α-hetero) is 1. The second kappa shape index (κ2) is 8.98. The van der Waals surface area contributed by atoms with Crippen molar-refractivity contribution in [3.63, 3.8) is 0 Å². The van der Waals surface area contributed by atoms with Crippen molar-refractivity contribution in [2.75, 3.05) is 5.32 Å². The zero-order valence-corrected chi connectivity index (χ0v) is 15.6. The second-order valence-electron chi connectivity index (χ2n) is 6.52. The third-order valence-electron chi connectivity index (χ3n) is 3.82. The standard InChI is InChI=1S/C21H23NO5/c1-13(2)27-19-10-8-16(21(25)26)12-17(19)22-20(24)11-9-18(23)15-6-4-14(3)5-7-15/h4-8,10,12-13H,9,11H2,1-3H3,(H,22,24)(H,25,26). The lowest BCUT2D eigenvalue weighted by Crippen LogP contribution is -2.16. The molecule has 2 aromatic carbocycles. The molecule has 2 aromatic rings. The molecule has 0 bridgehead atoms. The fourth-order valence-corrected chi connectivity index (χ4v) is 2.44. The van der Waals surface area contributed by atoms with Gasteiger partial charge in [0.1, 0.15) is 5.75 Å². The molecule has 0 spiro atoms. The van der Waals surface area contributed by atoms with E-state index in [-0.39, 0.29) is 41.9 Å². The fraction of sp³-hybridized carbons (Fsp3) is 0.286. The van der Waals surface area contributed by atoms with Gasteiger partial charge in [0.15, 0.2) is 5.78 Å². The molecule has 0 saturated carbocycles. The van der Waals surface area contributed by atoms with Crippen LogP contribution in [0.15, 0.2) is 42.5 Å². The molecule has 0 aliphatic rings. The fourth-order valence-electron chi connectivity index (χ4n) is 2.44. The molecule has 2 N–H and O–H groups in total. The Labute approximate surface area is 158 Å². The summed E-state index contributed by atoms with van der Waals surface area (Å²) in [6.07, 6.45) is -0.0848. The predicted octanol–water partition coefficient (Wildman–Crippen LogP) is 4.08. The van der Waals surface area contributed by atoms with Gasteiger partial charge in [-0.1, -0.05) is 29.8 Å². The molecule has 0 fully saturated rings. The predicted molar refractivity (Wildman–Crippen MR) is 103 cm³/mol. The van der Waals surface area contributed by atoms with E-state index in [1.807, 2.05) is 32.9 Å². The largest absolute Gasteiger partial charge is 0.489 e. The number of ketones is 1. The van der Waals surface area contributed by atoms with Gasteiger partial charge in [0.05, 0.1) is 17.4 Å². The second-order valence-corrected chi connectivity index (χ2v) is 6.52. The van der Waals surface area contributed by atoms with Crippen LogP contribution in [-0.2, 0) is 4.79 Å². The number of aryl methyl sites for hydroxylation is 1. The molecule has 27 heavy (non-hydrogen) atoms. The van der Waals surface area contributed by atoms with Crippen LogP contribution in [-0.4, -0.2) is 28.9 Å². The number of aromatic carboxylic acids is 1. The molecule has 2 rings (SSSR count). The molecule has 0 aromatic heterocycles. The number of carbonyl (C=O) groups is 3. The lowest BCUT2D eigenvalue weighted by atomic mass is 10.0. The van der Waals surface area contributed by atoms with Crippen LogP contribution in [0.1, 0.15) is 53.0 Å². The highest BCUT2D eigenvalue weighted by molar-refractivity contribution is 6.01. The number of amides is 1. The monoisotopic (exact) mass is 369 g/mol. The van der Waals surface area contributed by atoms with Gasteiger partial charge in [0.25, 0.3) is 0 Å². The number of anilines is 1. The summed E-state index contributed by atoms with van der Waals surface area (Å²) in [5.74, 6) is -1.22. The highest BCUT2D eigenvalue weighted by atomic mass is 16.5. The first-order valence-corrected chi connectivity index (χ1v) is 8.70. The maximum atomic E-state index is 12.3. The van der Waals surface area contributed by atoms with E-state index in [2.05, 4.69) is 5.32 Å². The van der Waals surface area contributed by atoms with Crippen LogP contribution >= 0.6 is 0 Å². The van der Waals surface area contributed by atoms with Gasteiger partial charge in [-0.25, -0.2) is 4.79 Å². The van der Waals surface area contributed by atoms with Crippen LogP contribution in [0.5, 0.6) is 5.75 Å². The van der Waals surface area contributed by atoms with E-state index in [4.69, 9.17) is 9.84 Å². The van der Waals surface area contributed by atoms with E-state index in [0.29, 0.717) is 11.3 Å². The zero-order valence-electron chi connectivity index (χ0n) is 15.6. The van der Waals surface area contributed by atoms with Gasteiger partial charge in [-0.2, -0.15) is 0 Å². The summed E-state index contributed by atoms with van der Waals surface area (Å²) in [7, 11) is 0. The highest BCUT2D eigenvalue weighted by Gasteiger charge is 2.15. The number of ether oxygens (including phenoxy) is 1. The number of carboxylic acid groups (broad SMARTS) is 1. The van der Waals surface area contributed by atoms with Crippen molar-refractivity contribution in [1.29, 1.82) is 0 Å². The van der Waals surface area contributed by atoms with Crippen LogP contribution in [0, 0.1) is 6.92 Å². The van der Waals surface area contributed by atoms with Crippen LogP contribution in [0.2, 0.25) is 0 Å². The van der Waals surface area contributed by atoms with E-state index in [1.165, 1.54) is 18.2 Å². The van der Waals surface area contributed by atoms with Crippen LogP contribution in [0.4, 0.5) is 5.69 Å². The topological polar surface area (TPSA) is 92.7 Å². The Morgan fingerprint density at radius 1 is 1.00 bits per heavy atom.